The van der Waals surface area contributed by atoms with Gasteiger partial charge in [-0.2, -0.15) is 0 Å². The molecule has 3 amide bonds. The number of nitrogens with two attached hydrogens (primary N) is 1. The zero-order valence-corrected chi connectivity index (χ0v) is 48.4. The zero-order chi connectivity index (χ0) is 57.4. The normalized spacial score (nSPS) is 24.6. The van der Waals surface area contributed by atoms with E-state index >= 15 is 0 Å². The number of Topliss-reactive ketones (excluding diaryl/α,β-unsaturated/α-hetero) is 2. The molecule has 0 aromatic heterocycles. The van der Waals surface area contributed by atoms with Gasteiger partial charge in [0, 0.05) is 34.2 Å². The molecule has 3 rings (SSSR count). The molecular weight excluding hydrogens is 958 g/mol. The Hall–Kier alpha value is -3.75. The van der Waals surface area contributed by atoms with E-state index in [4.69, 9.17) is 39.3 Å². The molecule has 17 nitrogen and oxygen atoms in total. The van der Waals surface area contributed by atoms with Crippen molar-refractivity contribution in [3.63, 3.8) is 0 Å². The van der Waals surface area contributed by atoms with Crippen LogP contribution in [0.25, 0.3) is 0 Å². The van der Waals surface area contributed by atoms with E-state index in [1.807, 2.05) is 0 Å². The molecule has 3 aliphatic heterocycles. The molecule has 3 saturated heterocycles. The molecule has 20 heteroatoms. The van der Waals surface area contributed by atoms with Crippen LogP contribution in [-0.2, 0) is 42.8 Å². The summed E-state index contributed by atoms with van der Waals surface area (Å²) in [6.45, 7) is 35.1. The molecule has 428 valence electrons. The van der Waals surface area contributed by atoms with Crippen LogP contribution in [0.4, 0.5) is 27.6 Å². The van der Waals surface area contributed by atoms with Crippen molar-refractivity contribution in [1.82, 2.24) is 14.7 Å². The van der Waals surface area contributed by atoms with Gasteiger partial charge in [0.2, 0.25) is 0 Å². The van der Waals surface area contributed by atoms with Gasteiger partial charge in [-0.3, -0.25) is 24.3 Å². The van der Waals surface area contributed by atoms with Gasteiger partial charge in [0.25, 0.3) is 0 Å². The van der Waals surface area contributed by atoms with E-state index < -0.39 is 96.0 Å². The maximum absolute atomic E-state index is 14.6. The standard InChI is InChI=1S/2C18H32FNO4.C11H18FNO5.C6H15N/c1-17(2,3)10-8-9-13(21)14-15(23-7)12(19)11-20(14)16(22)24-18(4,5)6;1-17(2,3)10-8-9-12(21)15-14(19)13(23-7)11-20(15)16(22)24-18(4,5)6;1-11(2,3)18-10(16)13-5-6(17-4)7(12)8(13)9(14)15;1-6(2,3)4-5-7/h12,14-15H,8-11H2,1-7H3;13-15H,8-11H2,1-7H3;6-8H,5H2,1-4H3,(H,14,15);4-5,7H2,1-3H3/t12-,14+,15+;13-,14+,15-;6-,7+,8+;/m011./s1. The number of alkyl halides is 3. The molecule has 73 heavy (non-hydrogen) atoms. The predicted octanol–water partition coefficient (Wildman–Crippen LogP) is 9.91. The van der Waals surface area contributed by atoms with Crippen molar-refractivity contribution in [3.8, 4) is 0 Å². The summed E-state index contributed by atoms with van der Waals surface area (Å²) in [6.07, 6.45) is -4.75. The highest BCUT2D eigenvalue weighted by molar-refractivity contribution is 5.89. The summed E-state index contributed by atoms with van der Waals surface area (Å²) in [5, 5.41) is 8.97. The van der Waals surface area contributed by atoms with Gasteiger partial charge in [0.15, 0.2) is 30.0 Å². The highest BCUT2D eigenvalue weighted by Gasteiger charge is 2.52. The smallest absolute Gasteiger partial charge is 0.411 e. The molecule has 9 atom stereocenters. The maximum Gasteiger partial charge on any atom is 0.411 e. The first kappa shape index (κ1) is 69.2. The second-order valence-corrected chi connectivity index (χ2v) is 25.6. The molecule has 0 aliphatic carbocycles. The van der Waals surface area contributed by atoms with Crippen molar-refractivity contribution in [2.45, 2.75) is 241 Å². The number of carboxylic acid groups (broad SMARTS) is 1. The Morgan fingerprint density at radius 2 is 0.808 bits per heavy atom. The summed E-state index contributed by atoms with van der Waals surface area (Å²) in [5.74, 6) is -1.85. The first-order valence-electron chi connectivity index (χ1n) is 25.4. The minimum Gasteiger partial charge on any atom is -0.480 e. The third-order valence-corrected chi connectivity index (χ3v) is 11.4. The summed E-state index contributed by atoms with van der Waals surface area (Å²) in [5.41, 5.74) is 3.82. The number of likely N-dealkylation sites (tertiary alicyclic amines) is 3. The Bertz CT molecular complexity index is 1720. The lowest BCUT2D eigenvalue weighted by molar-refractivity contribution is -0.144. The van der Waals surface area contributed by atoms with Gasteiger partial charge in [0.05, 0.1) is 19.6 Å². The lowest BCUT2D eigenvalue weighted by Crippen LogP contribution is -2.47. The fourth-order valence-electron chi connectivity index (χ4n) is 7.85. The van der Waals surface area contributed by atoms with Gasteiger partial charge in [-0.05, 0) is 117 Å². The van der Waals surface area contributed by atoms with Crippen molar-refractivity contribution in [2.24, 2.45) is 22.0 Å². The summed E-state index contributed by atoms with van der Waals surface area (Å²) >= 11 is 0. The average molecular weight is 1060 g/mol. The van der Waals surface area contributed by atoms with Crippen LogP contribution in [0, 0.1) is 16.2 Å². The van der Waals surface area contributed by atoms with Crippen LogP contribution < -0.4 is 5.73 Å². The Morgan fingerprint density at radius 3 is 1.08 bits per heavy atom. The van der Waals surface area contributed by atoms with E-state index in [9.17, 15) is 41.9 Å². The largest absolute Gasteiger partial charge is 0.480 e. The SMILES string of the molecule is CC(C)(C)CCN.CO[C@@H]1CN(C(=O)OC(C)(C)C)[C@H](C(=O)CCCC(C)(C)C)[C@H]1F.CO[C@@H]1CN(C(=O)OC(C)(C)C)[C@H](C(=O)O)[C@H]1F.CO[C@H]1[C@@H](C(=O)CCCC(C)(C)C)N(C(=O)OC(C)(C)C)C[C@@H]1F. The molecule has 0 aromatic rings. The topological polar surface area (TPSA) is 214 Å². The monoisotopic (exact) mass is 1050 g/mol. The van der Waals surface area contributed by atoms with Crippen molar-refractivity contribution in [1.29, 1.82) is 0 Å². The fraction of sp³-hybridized carbons (Fsp3) is 0.887. The highest BCUT2D eigenvalue weighted by Crippen LogP contribution is 2.32. The van der Waals surface area contributed by atoms with Crippen molar-refractivity contribution >= 4 is 35.8 Å². The minimum absolute atomic E-state index is 0.0300. The maximum atomic E-state index is 14.6. The Labute approximate surface area is 435 Å². The third-order valence-electron chi connectivity index (χ3n) is 11.4. The van der Waals surface area contributed by atoms with Crippen LogP contribution in [0.1, 0.15) is 170 Å². The van der Waals surface area contributed by atoms with Crippen LogP contribution in [0.5, 0.6) is 0 Å². The number of hydrogen-bond donors (Lipinski definition) is 2. The molecule has 3 aliphatic rings. The summed E-state index contributed by atoms with van der Waals surface area (Å²) < 4.78 is 73.4. The highest BCUT2D eigenvalue weighted by atomic mass is 19.1. The van der Waals surface area contributed by atoms with Gasteiger partial charge in [0.1, 0.15) is 53.4 Å². The number of carboxylic acids is 1. The first-order valence-corrected chi connectivity index (χ1v) is 25.4. The van der Waals surface area contributed by atoms with Gasteiger partial charge < -0.3 is 39.3 Å². The molecule has 0 saturated carbocycles. The average Bonchev–Trinajstić information content (AvgIpc) is 3.84. The fourth-order valence-corrected chi connectivity index (χ4v) is 7.85. The molecule has 3 heterocycles. The van der Waals surface area contributed by atoms with Crippen LogP contribution in [0.2, 0.25) is 0 Å². The lowest BCUT2D eigenvalue weighted by Gasteiger charge is -2.29. The van der Waals surface area contributed by atoms with Crippen molar-refractivity contribution < 1.29 is 75.5 Å². The summed E-state index contributed by atoms with van der Waals surface area (Å²) in [4.78, 5) is 75.9. The number of aliphatic carboxylic acids is 1. The molecule has 3 fully saturated rings. The number of ether oxygens (including phenoxy) is 6. The molecule has 0 aromatic carbocycles. The van der Waals surface area contributed by atoms with E-state index in [1.165, 1.54) is 31.1 Å². The second kappa shape index (κ2) is 29.0. The quantitative estimate of drug-likeness (QED) is 0.164. The van der Waals surface area contributed by atoms with Crippen LogP contribution in [0.3, 0.4) is 0 Å². The first-order chi connectivity index (χ1) is 32.9. The van der Waals surface area contributed by atoms with Gasteiger partial charge >= 0.3 is 24.2 Å². The van der Waals surface area contributed by atoms with Crippen LogP contribution >= 0.6 is 0 Å². The number of hydrogen-bond acceptors (Lipinski definition) is 13. The Balaban J connectivity index is 0.00000101. The number of amides is 3. The lowest BCUT2D eigenvalue weighted by atomic mass is 9.88. The third kappa shape index (κ3) is 26.0. The van der Waals surface area contributed by atoms with Gasteiger partial charge in [-0.1, -0.05) is 62.3 Å². The van der Waals surface area contributed by atoms with E-state index in [2.05, 4.69) is 62.3 Å². The summed E-state index contributed by atoms with van der Waals surface area (Å²) in [6, 6.07) is -3.60. The van der Waals surface area contributed by atoms with E-state index in [1.54, 1.807) is 62.3 Å². The van der Waals surface area contributed by atoms with E-state index in [0.717, 1.165) is 30.7 Å². The molecule has 0 spiro atoms. The van der Waals surface area contributed by atoms with Crippen LogP contribution in [0.15, 0.2) is 0 Å². The van der Waals surface area contributed by atoms with Crippen LogP contribution in [-0.4, -0.2) is 175 Å². The van der Waals surface area contributed by atoms with Gasteiger partial charge in [-0.15, -0.1) is 0 Å². The van der Waals surface area contributed by atoms with Crippen molar-refractivity contribution in [2.75, 3.05) is 47.5 Å². The number of rotatable bonds is 13. The zero-order valence-electron chi connectivity index (χ0n) is 48.4. The van der Waals surface area contributed by atoms with E-state index in [-0.39, 0.29) is 48.5 Å². The molecule has 3 N–H and O–H groups in total. The van der Waals surface area contributed by atoms with Crippen molar-refractivity contribution in [3.05, 3.63) is 0 Å². The number of carbonyl (C=O) groups is 6. The number of methoxy groups -OCH3 is 3. The molecule has 0 radical (unpaired) electrons. The van der Waals surface area contributed by atoms with Gasteiger partial charge in [-0.25, -0.2) is 32.3 Å². The number of halogens is 3. The molecular formula is C53H97F3N4O13. The molecule has 0 bridgehead atoms. The molecule has 0 unspecified atom stereocenters. The number of ketones is 2. The predicted molar refractivity (Wildman–Crippen MR) is 275 cm³/mol. The van der Waals surface area contributed by atoms with E-state index in [0.29, 0.717) is 24.7 Å². The Kier molecular flexibility index (Phi) is 27.5. The second-order valence-electron chi connectivity index (χ2n) is 25.6. The summed E-state index contributed by atoms with van der Waals surface area (Å²) in [7, 11) is 4.02. The Morgan fingerprint density at radius 1 is 0.493 bits per heavy atom. The minimum atomic E-state index is -1.76. The number of nitrogens with zero attached hydrogens (tertiary/aromatic N) is 3. The number of carbonyl (C=O) groups excluding carboxylic acids is 5.